The number of aromatic nitrogens is 2. The van der Waals surface area contributed by atoms with Gasteiger partial charge < -0.3 is 5.73 Å². The number of hydrogen-bond acceptors (Lipinski definition) is 3. The molecule has 5 heteroatoms. The van der Waals surface area contributed by atoms with Crippen LogP contribution >= 0.6 is 15.9 Å². The number of benzene rings is 1. The summed E-state index contributed by atoms with van der Waals surface area (Å²) in [4.78, 5) is 2.41. The van der Waals surface area contributed by atoms with Crippen LogP contribution in [0.3, 0.4) is 0 Å². The summed E-state index contributed by atoms with van der Waals surface area (Å²) < 4.78 is 3.20. The third-order valence-electron chi connectivity index (χ3n) is 3.91. The Morgan fingerprint density at radius 2 is 2.15 bits per heavy atom. The van der Waals surface area contributed by atoms with Crippen molar-refractivity contribution in [2.45, 2.75) is 40.0 Å². The molecule has 0 fully saturated rings. The molecule has 20 heavy (non-hydrogen) atoms. The molecule has 1 aromatic heterocycles. The van der Waals surface area contributed by atoms with Gasteiger partial charge >= 0.3 is 0 Å². The maximum Gasteiger partial charge on any atom is 0.0739 e. The molecular formula is C15H19BrN4. The van der Waals surface area contributed by atoms with Crippen LogP contribution in [0.5, 0.6) is 0 Å². The predicted octanol–water partition coefficient (Wildman–Crippen LogP) is 3.07. The lowest BCUT2D eigenvalue weighted by molar-refractivity contribution is 0.266. The van der Waals surface area contributed by atoms with E-state index in [-0.39, 0.29) is 0 Å². The van der Waals surface area contributed by atoms with Gasteiger partial charge in [-0.2, -0.15) is 5.10 Å². The van der Waals surface area contributed by atoms with Crippen molar-refractivity contribution in [2.75, 3.05) is 5.73 Å². The van der Waals surface area contributed by atoms with E-state index in [4.69, 9.17) is 5.73 Å². The SMILES string of the molecule is CCn1nc(C)c(Br)c1CN1Cc2cccc(N)c2C1. The number of halogens is 1. The van der Waals surface area contributed by atoms with Crippen LogP contribution in [0.25, 0.3) is 0 Å². The molecule has 1 aliphatic heterocycles. The monoisotopic (exact) mass is 334 g/mol. The molecule has 0 bridgehead atoms. The van der Waals surface area contributed by atoms with Crippen molar-refractivity contribution in [1.82, 2.24) is 14.7 Å². The van der Waals surface area contributed by atoms with Crippen LogP contribution in [0, 0.1) is 6.92 Å². The van der Waals surface area contributed by atoms with Crippen LogP contribution in [0.4, 0.5) is 5.69 Å². The Labute approximate surface area is 127 Å². The maximum atomic E-state index is 6.06. The van der Waals surface area contributed by atoms with Crippen LogP contribution in [0.1, 0.15) is 29.4 Å². The third-order valence-corrected chi connectivity index (χ3v) is 4.94. The first kappa shape index (κ1) is 13.6. The van der Waals surface area contributed by atoms with Crippen molar-refractivity contribution in [2.24, 2.45) is 0 Å². The minimum absolute atomic E-state index is 0.892. The molecule has 0 amide bonds. The van der Waals surface area contributed by atoms with E-state index in [1.54, 1.807) is 0 Å². The molecule has 2 N–H and O–H groups in total. The predicted molar refractivity (Wildman–Crippen MR) is 84.1 cm³/mol. The largest absolute Gasteiger partial charge is 0.398 e. The third kappa shape index (κ3) is 2.25. The van der Waals surface area contributed by atoms with Gasteiger partial charge in [-0.15, -0.1) is 0 Å². The summed E-state index contributed by atoms with van der Waals surface area (Å²) in [5.74, 6) is 0. The lowest BCUT2D eigenvalue weighted by Gasteiger charge is -2.16. The van der Waals surface area contributed by atoms with E-state index < -0.39 is 0 Å². The van der Waals surface area contributed by atoms with Crippen molar-refractivity contribution in [3.05, 3.63) is 45.2 Å². The molecule has 4 nitrogen and oxygen atoms in total. The number of anilines is 1. The van der Waals surface area contributed by atoms with Gasteiger partial charge in [0, 0.05) is 31.9 Å². The summed E-state index contributed by atoms with van der Waals surface area (Å²) in [5, 5.41) is 4.56. The van der Waals surface area contributed by atoms with Gasteiger partial charge in [-0.1, -0.05) is 12.1 Å². The van der Waals surface area contributed by atoms with E-state index in [2.05, 4.69) is 43.6 Å². The van der Waals surface area contributed by atoms with E-state index in [9.17, 15) is 0 Å². The average Bonchev–Trinajstić information content (AvgIpc) is 2.96. The summed E-state index contributed by atoms with van der Waals surface area (Å²) in [6.07, 6.45) is 0. The van der Waals surface area contributed by atoms with Crippen LogP contribution in [-0.2, 0) is 26.2 Å². The standard InChI is InChI=1S/C15H19BrN4/c1-3-20-14(15(16)10(2)18-20)9-19-7-11-5-4-6-13(17)12(11)8-19/h4-6H,3,7-9,17H2,1-2H3. The highest BCUT2D eigenvalue weighted by molar-refractivity contribution is 9.10. The highest BCUT2D eigenvalue weighted by Crippen LogP contribution is 2.30. The summed E-state index contributed by atoms with van der Waals surface area (Å²) in [6, 6.07) is 6.19. The summed E-state index contributed by atoms with van der Waals surface area (Å²) in [6.45, 7) is 7.83. The molecule has 0 saturated carbocycles. The quantitative estimate of drug-likeness (QED) is 0.877. The zero-order valence-electron chi connectivity index (χ0n) is 11.9. The average molecular weight is 335 g/mol. The Bertz CT molecular complexity index is 648. The first-order valence-corrected chi connectivity index (χ1v) is 7.69. The molecule has 0 atom stereocenters. The molecule has 0 unspecified atom stereocenters. The molecule has 2 heterocycles. The second kappa shape index (κ2) is 5.22. The Balaban J connectivity index is 1.83. The van der Waals surface area contributed by atoms with Crippen LogP contribution < -0.4 is 5.73 Å². The number of fused-ring (bicyclic) bond motifs is 1. The lowest BCUT2D eigenvalue weighted by atomic mass is 10.1. The number of hydrogen-bond donors (Lipinski definition) is 1. The zero-order chi connectivity index (χ0) is 14.3. The molecule has 0 aliphatic carbocycles. The van der Waals surface area contributed by atoms with Gasteiger partial charge in [-0.05, 0) is 47.0 Å². The lowest BCUT2D eigenvalue weighted by Crippen LogP contribution is -2.19. The highest BCUT2D eigenvalue weighted by Gasteiger charge is 2.23. The number of rotatable bonds is 3. The second-order valence-electron chi connectivity index (χ2n) is 5.29. The fourth-order valence-corrected chi connectivity index (χ4v) is 3.27. The van der Waals surface area contributed by atoms with Crippen molar-refractivity contribution < 1.29 is 0 Å². The Morgan fingerprint density at radius 1 is 1.35 bits per heavy atom. The maximum absolute atomic E-state index is 6.06. The van der Waals surface area contributed by atoms with E-state index >= 15 is 0 Å². The second-order valence-corrected chi connectivity index (χ2v) is 6.08. The molecule has 106 valence electrons. The summed E-state index contributed by atoms with van der Waals surface area (Å²) in [7, 11) is 0. The molecule has 0 spiro atoms. The van der Waals surface area contributed by atoms with E-state index in [1.807, 2.05) is 19.1 Å². The molecular weight excluding hydrogens is 316 g/mol. The van der Waals surface area contributed by atoms with Crippen molar-refractivity contribution >= 4 is 21.6 Å². The Kier molecular flexibility index (Phi) is 3.56. The molecule has 2 aromatic rings. The van der Waals surface area contributed by atoms with Crippen molar-refractivity contribution in [1.29, 1.82) is 0 Å². The summed E-state index contributed by atoms with van der Waals surface area (Å²) in [5.41, 5.74) is 11.9. The zero-order valence-corrected chi connectivity index (χ0v) is 13.4. The number of nitrogens with zero attached hydrogens (tertiary/aromatic N) is 3. The number of aryl methyl sites for hydroxylation is 2. The van der Waals surface area contributed by atoms with Crippen LogP contribution in [0.2, 0.25) is 0 Å². The first-order chi connectivity index (χ1) is 9.60. The molecule has 3 rings (SSSR count). The first-order valence-electron chi connectivity index (χ1n) is 6.90. The Morgan fingerprint density at radius 3 is 2.85 bits per heavy atom. The van der Waals surface area contributed by atoms with Gasteiger partial charge in [-0.25, -0.2) is 0 Å². The normalized spacial score (nSPS) is 14.8. The molecule has 0 saturated heterocycles. The summed E-state index contributed by atoms with van der Waals surface area (Å²) >= 11 is 3.66. The fourth-order valence-electron chi connectivity index (χ4n) is 2.86. The highest BCUT2D eigenvalue weighted by atomic mass is 79.9. The van der Waals surface area contributed by atoms with Gasteiger partial charge in [0.25, 0.3) is 0 Å². The minimum atomic E-state index is 0.892. The smallest absolute Gasteiger partial charge is 0.0739 e. The van der Waals surface area contributed by atoms with E-state index in [0.717, 1.165) is 42.0 Å². The fraction of sp³-hybridized carbons (Fsp3) is 0.400. The molecule has 1 aliphatic rings. The Hall–Kier alpha value is -1.33. The molecule has 0 radical (unpaired) electrons. The van der Waals surface area contributed by atoms with Crippen LogP contribution in [0.15, 0.2) is 22.7 Å². The topological polar surface area (TPSA) is 47.1 Å². The van der Waals surface area contributed by atoms with Crippen molar-refractivity contribution in [3.8, 4) is 0 Å². The van der Waals surface area contributed by atoms with Gasteiger partial charge in [0.1, 0.15) is 0 Å². The van der Waals surface area contributed by atoms with Gasteiger partial charge in [0.15, 0.2) is 0 Å². The van der Waals surface area contributed by atoms with E-state index in [1.165, 1.54) is 16.8 Å². The minimum Gasteiger partial charge on any atom is -0.398 e. The number of nitrogens with two attached hydrogens (primary N) is 1. The van der Waals surface area contributed by atoms with Gasteiger partial charge in [0.05, 0.1) is 15.9 Å². The van der Waals surface area contributed by atoms with Crippen molar-refractivity contribution in [3.63, 3.8) is 0 Å². The van der Waals surface area contributed by atoms with Crippen LogP contribution in [-0.4, -0.2) is 14.7 Å². The van der Waals surface area contributed by atoms with E-state index in [0.29, 0.717) is 0 Å². The van der Waals surface area contributed by atoms with Gasteiger partial charge in [0.2, 0.25) is 0 Å². The van der Waals surface area contributed by atoms with Gasteiger partial charge in [-0.3, -0.25) is 9.58 Å². The number of nitrogen functional groups attached to an aromatic ring is 1. The molecule has 1 aromatic carbocycles.